The summed E-state index contributed by atoms with van der Waals surface area (Å²) in [6.45, 7) is 8.85. The number of rotatable bonds is 4. The lowest BCUT2D eigenvalue weighted by atomic mass is 10.2. The van der Waals surface area contributed by atoms with Gasteiger partial charge in [0.1, 0.15) is 30.9 Å². The second kappa shape index (κ2) is 11.6. The van der Waals surface area contributed by atoms with Crippen LogP contribution in [0.5, 0.6) is 0 Å². The molecular formula is C26H29N3O4S4. The molecule has 3 aromatic rings. The second-order valence-electron chi connectivity index (χ2n) is 8.43. The monoisotopic (exact) mass is 575 g/mol. The molecule has 0 saturated heterocycles. The number of nitrogens with zero attached hydrogens (tertiary/aromatic N) is 3. The van der Waals surface area contributed by atoms with Crippen molar-refractivity contribution in [2.45, 2.75) is 37.1 Å². The molecule has 0 radical (unpaired) electrons. The predicted molar refractivity (Wildman–Crippen MR) is 154 cm³/mol. The number of thiazole rings is 1. The van der Waals surface area contributed by atoms with E-state index in [4.69, 9.17) is 0 Å². The Morgan fingerprint density at radius 1 is 1.11 bits per heavy atom. The third-order valence-electron chi connectivity index (χ3n) is 6.02. The fourth-order valence-corrected chi connectivity index (χ4v) is 8.10. The van der Waals surface area contributed by atoms with Gasteiger partial charge in [0.05, 0.1) is 22.4 Å². The van der Waals surface area contributed by atoms with Gasteiger partial charge in [-0.1, -0.05) is 53.4 Å². The number of fused-ring (bicyclic) bond motifs is 1. The molecule has 0 atom stereocenters. The normalized spacial score (nSPS) is 17.2. The van der Waals surface area contributed by atoms with Gasteiger partial charge in [-0.3, -0.25) is 9.36 Å². The lowest BCUT2D eigenvalue weighted by Crippen LogP contribution is -2.33. The molecule has 0 aliphatic carbocycles. The van der Waals surface area contributed by atoms with Gasteiger partial charge in [-0.2, -0.15) is 0 Å². The summed E-state index contributed by atoms with van der Waals surface area (Å²) in [5, 5.41) is 2.32. The minimum absolute atomic E-state index is 0.123. The Hall–Kier alpha value is -2.31. The lowest BCUT2D eigenvalue weighted by molar-refractivity contribution is -0.512. The van der Waals surface area contributed by atoms with Crippen LogP contribution in [0.1, 0.15) is 19.4 Å². The molecular weight excluding hydrogens is 547 g/mol. The Morgan fingerprint density at radius 3 is 2.43 bits per heavy atom. The maximum absolute atomic E-state index is 13.1. The highest BCUT2D eigenvalue weighted by atomic mass is 32.2. The number of para-hydroxylation sites is 1. The number of anilines is 1. The van der Waals surface area contributed by atoms with Crippen molar-refractivity contribution < 1.29 is 17.5 Å². The fourth-order valence-electron chi connectivity index (χ4n) is 3.99. The maximum atomic E-state index is 13.1. The van der Waals surface area contributed by atoms with Crippen LogP contribution in [-0.2, 0) is 16.7 Å². The Kier molecular flexibility index (Phi) is 8.70. The van der Waals surface area contributed by atoms with Crippen molar-refractivity contribution in [2.24, 2.45) is 0 Å². The maximum Gasteiger partial charge on any atom is 0.271 e. The van der Waals surface area contributed by atoms with Gasteiger partial charge in [0.2, 0.25) is 5.04 Å². The summed E-state index contributed by atoms with van der Waals surface area (Å²) in [4.78, 5) is 16.3. The van der Waals surface area contributed by atoms with E-state index in [0.717, 1.165) is 38.6 Å². The van der Waals surface area contributed by atoms with Crippen molar-refractivity contribution in [3.63, 3.8) is 0 Å². The van der Waals surface area contributed by atoms with Crippen LogP contribution in [0.3, 0.4) is 0 Å². The van der Waals surface area contributed by atoms with Crippen LogP contribution in [0.25, 0.3) is 11.1 Å². The Labute approximate surface area is 229 Å². The molecule has 2 aromatic carbocycles. The summed E-state index contributed by atoms with van der Waals surface area (Å²) in [7, 11) is -2.22. The molecule has 0 unspecified atom stereocenters. The second-order valence-corrected chi connectivity index (χ2v) is 13.0. The van der Waals surface area contributed by atoms with Gasteiger partial charge in [-0.05, 0) is 45.0 Å². The number of benzene rings is 2. The average Bonchev–Trinajstić information content (AvgIpc) is 3.55. The van der Waals surface area contributed by atoms with E-state index in [1.807, 2.05) is 49.4 Å². The Bertz CT molecular complexity index is 1620. The molecule has 0 amide bonds. The number of aromatic nitrogens is 1. The highest BCUT2D eigenvalue weighted by Gasteiger charge is 2.25. The zero-order valence-electron chi connectivity index (χ0n) is 21.1. The molecule has 0 spiro atoms. The fraction of sp³-hybridized carbons (Fsp3) is 0.308. The van der Waals surface area contributed by atoms with E-state index in [2.05, 4.69) is 34.6 Å². The molecule has 11 heteroatoms. The first kappa shape index (κ1) is 27.7. The average molecular weight is 576 g/mol. The summed E-state index contributed by atoms with van der Waals surface area (Å²) < 4.78 is 37.3. The van der Waals surface area contributed by atoms with Crippen molar-refractivity contribution in [2.75, 3.05) is 30.8 Å². The molecule has 0 saturated carbocycles. The first-order valence-corrected chi connectivity index (χ1v) is 15.9. The van der Waals surface area contributed by atoms with Crippen LogP contribution < -0.4 is 19.7 Å². The molecule has 3 heterocycles. The van der Waals surface area contributed by atoms with E-state index < -0.39 is 10.1 Å². The van der Waals surface area contributed by atoms with Gasteiger partial charge < -0.3 is 9.45 Å². The highest BCUT2D eigenvalue weighted by Crippen LogP contribution is 2.44. The molecule has 1 aromatic heterocycles. The van der Waals surface area contributed by atoms with Crippen molar-refractivity contribution in [3.05, 3.63) is 73.6 Å². The molecule has 0 fully saturated rings. The van der Waals surface area contributed by atoms with Crippen molar-refractivity contribution >= 4 is 66.8 Å². The third kappa shape index (κ3) is 6.06. The molecule has 0 bridgehead atoms. The van der Waals surface area contributed by atoms with E-state index >= 15 is 0 Å². The number of thioether (sulfide) groups is 2. The van der Waals surface area contributed by atoms with Crippen LogP contribution in [-0.4, -0.2) is 53.0 Å². The van der Waals surface area contributed by atoms with Gasteiger partial charge in [-0.15, -0.1) is 11.3 Å². The van der Waals surface area contributed by atoms with Gasteiger partial charge in [0.15, 0.2) is 6.54 Å². The predicted octanol–water partition coefficient (Wildman–Crippen LogP) is 3.09. The van der Waals surface area contributed by atoms with Crippen molar-refractivity contribution in [1.29, 1.82) is 0 Å². The van der Waals surface area contributed by atoms with Gasteiger partial charge in [-0.25, -0.2) is 13.0 Å². The van der Waals surface area contributed by atoms with Crippen LogP contribution in [0.4, 0.5) is 5.69 Å². The van der Waals surface area contributed by atoms with Gasteiger partial charge in [0.25, 0.3) is 5.56 Å². The molecule has 2 aliphatic heterocycles. The third-order valence-corrected chi connectivity index (χ3v) is 10.4. The minimum Gasteiger partial charge on any atom is -0.744 e. The standard InChI is InChI=1S/C19H22N3OS3.C7H8O3S/c1-4-21-10-11-24-15(21)12-16-22(5-2)18(23)17(26-16)19-20(3)13-8-6-7-9-14(13)25-19;1-6-2-4-7(5-3-6)11(8,9)10/h6-9,12H,4-5,10-11H2,1-3H3;2-5H,1H3,(H,8,9,10)/q+1;/p-1/b19-17+;. The van der Waals surface area contributed by atoms with Crippen LogP contribution in [0.15, 0.2) is 63.1 Å². The first-order valence-electron chi connectivity index (χ1n) is 11.9. The van der Waals surface area contributed by atoms with Gasteiger partial charge in [0, 0.05) is 18.5 Å². The van der Waals surface area contributed by atoms with E-state index in [1.54, 1.807) is 35.2 Å². The largest absolute Gasteiger partial charge is 0.744 e. The zero-order valence-corrected chi connectivity index (χ0v) is 24.4. The summed E-state index contributed by atoms with van der Waals surface area (Å²) in [5.41, 5.74) is 2.22. The Morgan fingerprint density at radius 2 is 1.81 bits per heavy atom. The van der Waals surface area contributed by atoms with E-state index in [1.165, 1.54) is 27.8 Å². The highest BCUT2D eigenvalue weighted by molar-refractivity contribution is 8.14. The molecule has 5 rings (SSSR count). The molecule has 196 valence electrons. The van der Waals surface area contributed by atoms with Crippen LogP contribution >= 0.6 is 34.9 Å². The number of hydrogen-bond acceptors (Lipinski definition) is 8. The number of aryl methyl sites for hydroxylation is 1. The van der Waals surface area contributed by atoms with E-state index in [0.29, 0.717) is 6.54 Å². The van der Waals surface area contributed by atoms with E-state index in [-0.39, 0.29) is 10.5 Å². The smallest absolute Gasteiger partial charge is 0.271 e. The molecule has 0 N–H and O–H groups in total. The molecule has 7 nitrogen and oxygen atoms in total. The summed E-state index contributed by atoms with van der Waals surface area (Å²) in [5.74, 6) is 1.12. The van der Waals surface area contributed by atoms with Crippen molar-refractivity contribution in [3.8, 4) is 0 Å². The molecule has 37 heavy (non-hydrogen) atoms. The Balaban J connectivity index is 0.000000245. The first-order chi connectivity index (χ1) is 17.6. The van der Waals surface area contributed by atoms with Gasteiger partial charge >= 0.3 is 0 Å². The number of hydrogen-bond donors (Lipinski definition) is 0. The van der Waals surface area contributed by atoms with Crippen LogP contribution in [0.2, 0.25) is 0 Å². The van der Waals surface area contributed by atoms with E-state index in [9.17, 15) is 17.8 Å². The summed E-state index contributed by atoms with van der Waals surface area (Å²) in [6.07, 6.45) is 2.20. The topological polar surface area (TPSA) is 85.5 Å². The minimum atomic E-state index is -4.27. The summed E-state index contributed by atoms with van der Waals surface area (Å²) in [6, 6.07) is 14.1. The lowest BCUT2D eigenvalue weighted by Gasteiger charge is -2.11. The summed E-state index contributed by atoms with van der Waals surface area (Å²) >= 11 is 5.19. The van der Waals surface area contributed by atoms with Crippen LogP contribution in [0, 0.1) is 6.92 Å². The zero-order chi connectivity index (χ0) is 26.7. The quantitative estimate of drug-likeness (QED) is 0.349. The SMILES string of the molecule is CCn1c(=O)/c(=C2\Sc3ccccc3N2C)s/c1=C\C1=[N+](CC)CCS1.Cc1ccc(S(=O)(=O)[O-])cc1. The van der Waals surface area contributed by atoms with Crippen molar-refractivity contribution in [1.82, 2.24) is 4.57 Å². The molecule has 2 aliphatic rings.